The lowest BCUT2D eigenvalue weighted by Gasteiger charge is -2.38. The number of rotatable bonds is 3. The molecule has 1 aromatic carbocycles. The molecule has 0 saturated heterocycles. The number of aromatic nitrogens is 2. The molecule has 0 bridgehead atoms. The summed E-state index contributed by atoms with van der Waals surface area (Å²) >= 11 is 0. The lowest BCUT2D eigenvalue weighted by atomic mass is 10.1. The number of hydrogen-bond donors (Lipinski definition) is 1. The van der Waals surface area contributed by atoms with Crippen LogP contribution in [0, 0.1) is 27.7 Å². The van der Waals surface area contributed by atoms with Crippen LogP contribution < -0.4 is 10.5 Å². The van der Waals surface area contributed by atoms with E-state index in [9.17, 15) is 9.90 Å². The first kappa shape index (κ1) is 16.7. The molecule has 1 aromatic heterocycles. The molecule has 3 rings (SSSR count). The van der Waals surface area contributed by atoms with Gasteiger partial charge in [-0.15, -0.1) is 0 Å². The van der Waals surface area contributed by atoms with Crippen molar-refractivity contribution in [2.75, 3.05) is 24.7 Å². The number of nitrogens with zero attached hydrogens (tertiary/aromatic N) is 4. The highest BCUT2D eigenvalue weighted by Crippen LogP contribution is 2.28. The smallest absolute Gasteiger partial charge is 0.259 e. The second kappa shape index (κ2) is 6.37. The van der Waals surface area contributed by atoms with Gasteiger partial charge in [-0.2, -0.15) is 0 Å². The number of benzene rings is 1. The minimum Gasteiger partial charge on any atom is -0.395 e. The Morgan fingerprint density at radius 1 is 1.12 bits per heavy atom. The van der Waals surface area contributed by atoms with Crippen LogP contribution >= 0.6 is 0 Å². The first-order chi connectivity index (χ1) is 11.4. The molecular formula is C18H24N4O2. The zero-order valence-electron chi connectivity index (χ0n) is 14.7. The molecular weight excluding hydrogens is 304 g/mol. The maximum absolute atomic E-state index is 12.7. The molecule has 0 radical (unpaired) electrons. The monoisotopic (exact) mass is 328 g/mol. The summed E-state index contributed by atoms with van der Waals surface area (Å²) in [5.41, 5.74) is 4.84. The van der Waals surface area contributed by atoms with Crippen LogP contribution in [-0.2, 0) is 6.67 Å². The number of β-amino-alcohol motifs (C(OH)–C–C–N with tert-alkyl or cyclic N) is 1. The summed E-state index contributed by atoms with van der Waals surface area (Å²) in [5.74, 6) is 0.667. The summed E-state index contributed by atoms with van der Waals surface area (Å²) in [6, 6.07) is 6.25. The third kappa shape index (κ3) is 2.83. The number of fused-ring (bicyclic) bond motifs is 1. The van der Waals surface area contributed by atoms with Gasteiger partial charge >= 0.3 is 0 Å². The summed E-state index contributed by atoms with van der Waals surface area (Å²) in [5, 5.41) is 9.31. The lowest BCUT2D eigenvalue weighted by molar-refractivity contribution is 0.152. The van der Waals surface area contributed by atoms with Crippen LogP contribution in [0.4, 0.5) is 11.6 Å². The second-order valence-corrected chi connectivity index (χ2v) is 6.45. The van der Waals surface area contributed by atoms with Gasteiger partial charge in [-0.05, 0) is 51.0 Å². The third-order valence-corrected chi connectivity index (χ3v) is 4.76. The molecule has 24 heavy (non-hydrogen) atoms. The largest absolute Gasteiger partial charge is 0.395 e. The molecule has 6 heteroatoms. The van der Waals surface area contributed by atoms with Gasteiger partial charge in [-0.1, -0.05) is 6.07 Å². The highest BCUT2D eigenvalue weighted by Gasteiger charge is 2.27. The van der Waals surface area contributed by atoms with Gasteiger partial charge in [-0.25, -0.2) is 4.98 Å². The maximum Gasteiger partial charge on any atom is 0.259 e. The first-order valence-electron chi connectivity index (χ1n) is 8.18. The average molecular weight is 328 g/mol. The topological polar surface area (TPSA) is 61.6 Å². The van der Waals surface area contributed by atoms with Crippen molar-refractivity contribution in [3.8, 4) is 0 Å². The number of aliphatic hydroxyl groups is 1. The number of aryl methyl sites for hydroxylation is 3. The Labute approximate surface area is 142 Å². The van der Waals surface area contributed by atoms with Crippen molar-refractivity contribution >= 4 is 11.6 Å². The van der Waals surface area contributed by atoms with E-state index < -0.39 is 0 Å². The molecule has 2 aromatic rings. The van der Waals surface area contributed by atoms with Crippen molar-refractivity contribution in [2.24, 2.45) is 0 Å². The van der Waals surface area contributed by atoms with Gasteiger partial charge < -0.3 is 5.11 Å². The molecule has 1 N–H and O–H groups in total. The molecule has 6 nitrogen and oxygen atoms in total. The summed E-state index contributed by atoms with van der Waals surface area (Å²) in [7, 11) is 0. The van der Waals surface area contributed by atoms with E-state index in [0.717, 1.165) is 11.4 Å². The number of anilines is 2. The quantitative estimate of drug-likeness (QED) is 0.931. The zero-order chi connectivity index (χ0) is 17.4. The fourth-order valence-electron chi connectivity index (χ4n) is 2.96. The van der Waals surface area contributed by atoms with Gasteiger partial charge in [0, 0.05) is 23.5 Å². The standard InChI is InChI=1S/C18H24N4O2/c1-12-5-6-16(9-13(12)2)21-10-20(7-8-23)11-22-17(24)14(3)15(4)19-18(21)22/h5-6,9,23H,7-8,10-11H2,1-4H3. The van der Waals surface area contributed by atoms with E-state index in [0.29, 0.717) is 31.4 Å². The van der Waals surface area contributed by atoms with Crippen molar-refractivity contribution < 1.29 is 5.11 Å². The third-order valence-electron chi connectivity index (χ3n) is 4.76. The van der Waals surface area contributed by atoms with Crippen LogP contribution in [0.25, 0.3) is 0 Å². The SMILES string of the molecule is Cc1ccc(N2CN(CCO)Cn3c2nc(C)c(C)c3=O)cc1C. The molecule has 2 heterocycles. The van der Waals surface area contributed by atoms with E-state index in [-0.39, 0.29) is 12.2 Å². The molecule has 1 aliphatic heterocycles. The Morgan fingerprint density at radius 3 is 2.54 bits per heavy atom. The molecule has 0 saturated carbocycles. The highest BCUT2D eigenvalue weighted by atomic mass is 16.3. The number of aliphatic hydroxyl groups excluding tert-OH is 1. The molecule has 0 amide bonds. The lowest BCUT2D eigenvalue weighted by Crippen LogP contribution is -2.48. The predicted molar refractivity (Wildman–Crippen MR) is 94.7 cm³/mol. The Kier molecular flexibility index (Phi) is 4.43. The summed E-state index contributed by atoms with van der Waals surface area (Å²) in [6.07, 6.45) is 0. The second-order valence-electron chi connectivity index (χ2n) is 6.45. The average Bonchev–Trinajstić information content (AvgIpc) is 2.56. The fourth-order valence-corrected chi connectivity index (χ4v) is 2.96. The van der Waals surface area contributed by atoms with E-state index in [2.05, 4.69) is 37.0 Å². The van der Waals surface area contributed by atoms with Crippen molar-refractivity contribution in [3.05, 3.63) is 50.9 Å². The molecule has 0 aliphatic carbocycles. The van der Waals surface area contributed by atoms with Gasteiger partial charge in [0.25, 0.3) is 5.56 Å². The van der Waals surface area contributed by atoms with Crippen LogP contribution in [0.5, 0.6) is 0 Å². The van der Waals surface area contributed by atoms with Crippen LogP contribution in [0.3, 0.4) is 0 Å². The number of hydrogen-bond acceptors (Lipinski definition) is 5. The van der Waals surface area contributed by atoms with Crippen LogP contribution in [0.1, 0.15) is 22.4 Å². The van der Waals surface area contributed by atoms with Gasteiger partial charge in [0.15, 0.2) is 0 Å². The summed E-state index contributed by atoms with van der Waals surface area (Å²) in [4.78, 5) is 21.5. The minimum absolute atomic E-state index is 0.0195. The van der Waals surface area contributed by atoms with E-state index in [1.165, 1.54) is 11.1 Å². The van der Waals surface area contributed by atoms with E-state index in [4.69, 9.17) is 0 Å². The summed E-state index contributed by atoms with van der Waals surface area (Å²) in [6.45, 7) is 9.46. The predicted octanol–water partition coefficient (Wildman–Crippen LogP) is 1.84. The maximum atomic E-state index is 12.7. The van der Waals surface area contributed by atoms with Gasteiger partial charge in [0.1, 0.15) is 0 Å². The van der Waals surface area contributed by atoms with Crippen LogP contribution in [0.2, 0.25) is 0 Å². The zero-order valence-corrected chi connectivity index (χ0v) is 14.7. The van der Waals surface area contributed by atoms with Gasteiger partial charge in [0.2, 0.25) is 5.95 Å². The van der Waals surface area contributed by atoms with E-state index in [1.54, 1.807) is 4.57 Å². The minimum atomic E-state index is -0.0195. The Bertz CT molecular complexity index is 828. The highest BCUT2D eigenvalue weighted by molar-refractivity contribution is 5.60. The Morgan fingerprint density at radius 2 is 1.88 bits per heavy atom. The molecule has 0 atom stereocenters. The Balaban J connectivity index is 2.15. The fraction of sp³-hybridized carbons (Fsp3) is 0.444. The Hall–Kier alpha value is -2.18. The first-order valence-corrected chi connectivity index (χ1v) is 8.18. The molecule has 1 aliphatic rings. The molecule has 0 unspecified atom stereocenters. The summed E-state index contributed by atoms with van der Waals surface area (Å²) < 4.78 is 1.69. The molecule has 0 spiro atoms. The van der Waals surface area contributed by atoms with Crippen LogP contribution in [0.15, 0.2) is 23.0 Å². The normalized spacial score (nSPS) is 14.8. The van der Waals surface area contributed by atoms with Crippen molar-refractivity contribution in [1.82, 2.24) is 14.5 Å². The van der Waals surface area contributed by atoms with Crippen molar-refractivity contribution in [1.29, 1.82) is 0 Å². The van der Waals surface area contributed by atoms with Crippen molar-refractivity contribution in [2.45, 2.75) is 34.4 Å². The van der Waals surface area contributed by atoms with Gasteiger partial charge in [0.05, 0.1) is 19.9 Å². The van der Waals surface area contributed by atoms with E-state index in [1.807, 2.05) is 23.6 Å². The molecule has 128 valence electrons. The van der Waals surface area contributed by atoms with Crippen LogP contribution in [-0.4, -0.2) is 39.4 Å². The van der Waals surface area contributed by atoms with Crippen molar-refractivity contribution in [3.63, 3.8) is 0 Å². The molecule has 0 fully saturated rings. The van der Waals surface area contributed by atoms with E-state index >= 15 is 0 Å². The van der Waals surface area contributed by atoms with Gasteiger partial charge in [-0.3, -0.25) is 19.2 Å².